The normalized spacial score (nSPS) is 18.9. The van der Waals surface area contributed by atoms with E-state index in [0.717, 1.165) is 5.56 Å². The summed E-state index contributed by atoms with van der Waals surface area (Å²) >= 11 is 5.97. The van der Waals surface area contributed by atoms with Crippen LogP contribution in [-0.2, 0) is 16.1 Å². The van der Waals surface area contributed by atoms with Crippen LogP contribution in [0.3, 0.4) is 0 Å². The molecule has 1 aliphatic heterocycles. The Bertz CT molecular complexity index is 533. The Hall–Kier alpha value is -1.75. The van der Waals surface area contributed by atoms with Gasteiger partial charge in [-0.15, -0.1) is 0 Å². The van der Waals surface area contributed by atoms with Crippen molar-refractivity contribution < 1.29 is 14.3 Å². The minimum Gasteiger partial charge on any atom is -0.496 e. The summed E-state index contributed by atoms with van der Waals surface area (Å²) in [5.41, 5.74) is 0.790. The lowest BCUT2D eigenvalue weighted by Crippen LogP contribution is -2.57. The van der Waals surface area contributed by atoms with Gasteiger partial charge >= 0.3 is 0 Å². The number of halogens is 1. The molecule has 1 aliphatic rings. The van der Waals surface area contributed by atoms with E-state index >= 15 is 0 Å². The van der Waals surface area contributed by atoms with E-state index in [0.29, 0.717) is 23.7 Å². The van der Waals surface area contributed by atoms with Crippen molar-refractivity contribution in [2.75, 3.05) is 13.7 Å². The lowest BCUT2D eigenvalue weighted by atomic mass is 10.1. The summed E-state index contributed by atoms with van der Waals surface area (Å²) in [5, 5.41) is 3.26. The Morgan fingerprint density at radius 1 is 1.45 bits per heavy atom. The summed E-state index contributed by atoms with van der Waals surface area (Å²) in [6.45, 7) is 2.24. The van der Waals surface area contributed by atoms with Crippen LogP contribution >= 0.6 is 11.6 Å². The van der Waals surface area contributed by atoms with E-state index in [1.165, 1.54) is 4.90 Å². The Labute approximate surface area is 122 Å². The standard InChI is InChI=1S/C14H17ClN2O3/c1-3-11-14(19)17(8-13(18)16-11)7-9-6-10(15)4-5-12(9)20-2/h4-6,11H,3,7-8H2,1-2H3,(H,16,18). The van der Waals surface area contributed by atoms with Gasteiger partial charge in [0.1, 0.15) is 11.8 Å². The van der Waals surface area contributed by atoms with Crippen LogP contribution in [0.5, 0.6) is 5.75 Å². The highest BCUT2D eigenvalue weighted by molar-refractivity contribution is 6.30. The van der Waals surface area contributed by atoms with Gasteiger partial charge in [-0.05, 0) is 24.6 Å². The van der Waals surface area contributed by atoms with Crippen molar-refractivity contribution in [1.82, 2.24) is 10.2 Å². The lowest BCUT2D eigenvalue weighted by molar-refractivity contribution is -0.144. The van der Waals surface area contributed by atoms with Crippen molar-refractivity contribution in [1.29, 1.82) is 0 Å². The molecule has 108 valence electrons. The quantitative estimate of drug-likeness (QED) is 0.918. The van der Waals surface area contributed by atoms with E-state index in [1.807, 2.05) is 6.92 Å². The van der Waals surface area contributed by atoms with Crippen molar-refractivity contribution in [3.05, 3.63) is 28.8 Å². The number of hydrogen-bond donors (Lipinski definition) is 1. The second-order valence-electron chi connectivity index (χ2n) is 4.68. The van der Waals surface area contributed by atoms with Gasteiger partial charge in [0.25, 0.3) is 0 Å². The molecule has 6 heteroatoms. The topological polar surface area (TPSA) is 58.6 Å². The third-order valence-corrected chi connectivity index (χ3v) is 3.53. The SMILES string of the molecule is CCC1NC(=O)CN(Cc2cc(Cl)ccc2OC)C1=O. The molecule has 0 aromatic heterocycles. The molecule has 0 spiro atoms. The number of methoxy groups -OCH3 is 1. The number of nitrogens with zero attached hydrogens (tertiary/aromatic N) is 1. The second kappa shape index (κ2) is 6.13. The van der Waals surface area contributed by atoms with E-state index in [-0.39, 0.29) is 18.4 Å². The molecule has 1 fully saturated rings. The molecule has 2 amide bonds. The second-order valence-corrected chi connectivity index (χ2v) is 5.12. The molecule has 5 nitrogen and oxygen atoms in total. The zero-order valence-electron chi connectivity index (χ0n) is 11.5. The number of nitrogens with one attached hydrogen (secondary N) is 1. The molecule has 1 unspecified atom stereocenters. The summed E-state index contributed by atoms with van der Waals surface area (Å²) in [6.07, 6.45) is 0.577. The first-order valence-electron chi connectivity index (χ1n) is 6.45. The van der Waals surface area contributed by atoms with Crippen molar-refractivity contribution in [3.8, 4) is 5.75 Å². The molecule has 1 saturated heterocycles. The minimum atomic E-state index is -0.443. The molecule has 20 heavy (non-hydrogen) atoms. The van der Waals surface area contributed by atoms with Crippen LogP contribution in [0.4, 0.5) is 0 Å². The van der Waals surface area contributed by atoms with Crippen LogP contribution in [0.25, 0.3) is 0 Å². The first kappa shape index (κ1) is 14.7. The number of carbonyl (C=O) groups excluding carboxylic acids is 2. The monoisotopic (exact) mass is 296 g/mol. The minimum absolute atomic E-state index is 0.0605. The Morgan fingerprint density at radius 2 is 2.20 bits per heavy atom. The summed E-state index contributed by atoms with van der Waals surface area (Å²) in [7, 11) is 1.56. The van der Waals surface area contributed by atoms with Gasteiger partial charge in [-0.3, -0.25) is 9.59 Å². The number of amides is 2. The van der Waals surface area contributed by atoms with Gasteiger partial charge in [0.2, 0.25) is 11.8 Å². The maximum atomic E-state index is 12.2. The van der Waals surface area contributed by atoms with E-state index in [1.54, 1.807) is 25.3 Å². The molecule has 1 N–H and O–H groups in total. The molecule has 0 saturated carbocycles. The van der Waals surface area contributed by atoms with E-state index in [2.05, 4.69) is 5.32 Å². The molecule has 0 bridgehead atoms. The van der Waals surface area contributed by atoms with Gasteiger partial charge in [0.05, 0.1) is 13.7 Å². The van der Waals surface area contributed by atoms with Crippen LogP contribution in [0.1, 0.15) is 18.9 Å². The van der Waals surface area contributed by atoms with Gasteiger partial charge < -0.3 is 15.0 Å². The Kier molecular flexibility index (Phi) is 4.49. The van der Waals surface area contributed by atoms with Crippen LogP contribution in [0.15, 0.2) is 18.2 Å². The molecule has 1 aromatic rings. The van der Waals surface area contributed by atoms with Gasteiger partial charge in [0.15, 0.2) is 0 Å². The van der Waals surface area contributed by atoms with Gasteiger partial charge in [-0.2, -0.15) is 0 Å². The number of rotatable bonds is 4. The largest absolute Gasteiger partial charge is 0.496 e. The van der Waals surface area contributed by atoms with Crippen molar-refractivity contribution in [2.24, 2.45) is 0 Å². The van der Waals surface area contributed by atoms with Gasteiger partial charge in [-0.25, -0.2) is 0 Å². The Morgan fingerprint density at radius 3 is 2.85 bits per heavy atom. The third-order valence-electron chi connectivity index (χ3n) is 3.29. The average molecular weight is 297 g/mol. The molecule has 1 heterocycles. The zero-order chi connectivity index (χ0) is 14.7. The van der Waals surface area contributed by atoms with Crippen molar-refractivity contribution in [2.45, 2.75) is 25.9 Å². The smallest absolute Gasteiger partial charge is 0.245 e. The number of hydrogen-bond acceptors (Lipinski definition) is 3. The summed E-state index contributed by atoms with van der Waals surface area (Å²) in [6, 6.07) is 4.79. The molecular weight excluding hydrogens is 280 g/mol. The maximum Gasteiger partial charge on any atom is 0.245 e. The molecule has 1 aromatic carbocycles. The molecule has 0 radical (unpaired) electrons. The third kappa shape index (κ3) is 3.04. The van der Waals surface area contributed by atoms with Gasteiger partial charge in [0, 0.05) is 17.1 Å². The number of benzene rings is 1. The van der Waals surface area contributed by atoms with Crippen LogP contribution in [0, 0.1) is 0 Å². The first-order valence-corrected chi connectivity index (χ1v) is 6.83. The number of ether oxygens (including phenoxy) is 1. The summed E-state index contributed by atoms with van der Waals surface area (Å²) < 4.78 is 5.26. The molecule has 2 rings (SSSR count). The number of carbonyl (C=O) groups is 2. The van der Waals surface area contributed by atoms with E-state index < -0.39 is 6.04 Å². The highest BCUT2D eigenvalue weighted by atomic mass is 35.5. The molecule has 1 atom stereocenters. The van der Waals surface area contributed by atoms with Crippen molar-refractivity contribution in [3.63, 3.8) is 0 Å². The molecular formula is C14H17ClN2O3. The first-order chi connectivity index (χ1) is 9.55. The van der Waals surface area contributed by atoms with Crippen LogP contribution in [-0.4, -0.2) is 36.4 Å². The van der Waals surface area contributed by atoms with Crippen molar-refractivity contribution >= 4 is 23.4 Å². The van der Waals surface area contributed by atoms with Crippen LogP contribution < -0.4 is 10.1 Å². The highest BCUT2D eigenvalue weighted by Gasteiger charge is 2.31. The maximum absolute atomic E-state index is 12.2. The zero-order valence-corrected chi connectivity index (χ0v) is 12.2. The molecule has 0 aliphatic carbocycles. The summed E-state index contributed by atoms with van der Waals surface area (Å²) in [4.78, 5) is 25.4. The highest BCUT2D eigenvalue weighted by Crippen LogP contribution is 2.24. The fourth-order valence-corrected chi connectivity index (χ4v) is 2.45. The number of piperazine rings is 1. The Balaban J connectivity index is 2.22. The van der Waals surface area contributed by atoms with Gasteiger partial charge in [-0.1, -0.05) is 18.5 Å². The van der Waals surface area contributed by atoms with E-state index in [9.17, 15) is 9.59 Å². The summed E-state index contributed by atoms with van der Waals surface area (Å²) in [5.74, 6) is 0.438. The predicted molar refractivity (Wildman–Crippen MR) is 75.6 cm³/mol. The van der Waals surface area contributed by atoms with E-state index in [4.69, 9.17) is 16.3 Å². The predicted octanol–water partition coefficient (Wildman–Crippen LogP) is 1.59. The fourth-order valence-electron chi connectivity index (χ4n) is 2.26. The van der Waals surface area contributed by atoms with Crippen LogP contribution in [0.2, 0.25) is 5.02 Å². The fraction of sp³-hybridized carbons (Fsp3) is 0.429. The lowest BCUT2D eigenvalue weighted by Gasteiger charge is -2.32. The average Bonchev–Trinajstić information content (AvgIpc) is 2.42.